The van der Waals surface area contributed by atoms with Crippen molar-refractivity contribution >= 4 is 45.2 Å². The summed E-state index contributed by atoms with van der Waals surface area (Å²) in [7, 11) is -2.93. The van der Waals surface area contributed by atoms with Gasteiger partial charge in [0.05, 0.1) is 22.1 Å². The quantitative estimate of drug-likeness (QED) is 0.178. The fourth-order valence-corrected chi connectivity index (χ4v) is 14.0. The predicted octanol–water partition coefficient (Wildman–Crippen LogP) is 12.0. The summed E-state index contributed by atoms with van der Waals surface area (Å²) in [4.78, 5) is 13.3. The van der Waals surface area contributed by atoms with E-state index in [-0.39, 0.29) is 0 Å². The van der Waals surface area contributed by atoms with Gasteiger partial charge in [0.2, 0.25) is 7.49 Å². The van der Waals surface area contributed by atoms with Crippen LogP contribution in [0.2, 0.25) is 0 Å². The van der Waals surface area contributed by atoms with Crippen molar-refractivity contribution < 1.29 is 4.89 Å². The molecule has 1 aromatic heterocycles. The van der Waals surface area contributed by atoms with E-state index in [2.05, 4.69) is 205 Å². The van der Waals surface area contributed by atoms with Crippen LogP contribution < -0.4 is 15.9 Å². The molecule has 2 unspecified atom stereocenters. The maximum absolute atomic E-state index is 13.3. The summed E-state index contributed by atoms with van der Waals surface area (Å²) in [6.45, 7) is 0. The first-order valence-corrected chi connectivity index (χ1v) is 21.8. The predicted molar refractivity (Wildman–Crippen MR) is 242 cm³/mol. The third kappa shape index (κ3) is 3.99. The lowest BCUT2D eigenvalue weighted by atomic mass is 9.65. The summed E-state index contributed by atoms with van der Waals surface area (Å²) >= 11 is 0. The van der Waals surface area contributed by atoms with Gasteiger partial charge in [-0.2, -0.15) is 0 Å². The molecule has 3 aliphatic rings. The molecular weight excluding hydrogens is 722 g/mol. The first kappa shape index (κ1) is 32.3. The summed E-state index contributed by atoms with van der Waals surface area (Å²) in [5.41, 5.74) is 17.6. The lowest BCUT2D eigenvalue weighted by molar-refractivity contribution is 0.634. The molecule has 58 heavy (non-hydrogen) atoms. The average molecular weight is 757 g/mol. The van der Waals surface area contributed by atoms with Crippen LogP contribution in [0.3, 0.4) is 0 Å². The van der Waals surface area contributed by atoms with Gasteiger partial charge in [-0.3, -0.25) is 0 Å². The van der Waals surface area contributed by atoms with Gasteiger partial charge in [0.15, 0.2) is 0 Å². The average Bonchev–Trinajstić information content (AvgIpc) is 3.88. The number of hydrogen-bond donors (Lipinski definition) is 1. The largest absolute Gasteiger partial charge is 0.309 e. The number of hydrogen-bond acceptors (Lipinski definition) is 1. The molecule has 3 heteroatoms. The molecule has 3 heterocycles. The summed E-state index contributed by atoms with van der Waals surface area (Å²) < 4.78 is 2.51. The third-order valence-corrected chi connectivity index (χ3v) is 16.4. The minimum atomic E-state index is -2.93. The van der Waals surface area contributed by atoms with E-state index < -0.39 is 12.9 Å². The second-order valence-electron chi connectivity index (χ2n) is 15.9. The van der Waals surface area contributed by atoms with Gasteiger partial charge in [0, 0.05) is 21.9 Å². The minimum absolute atomic E-state index is 0.631. The molecule has 0 radical (unpaired) electrons. The Morgan fingerprint density at radius 1 is 0.379 bits per heavy atom. The zero-order valence-electron chi connectivity index (χ0n) is 31.5. The molecule has 1 spiro atoms. The molecule has 2 aliphatic heterocycles. The van der Waals surface area contributed by atoms with E-state index in [4.69, 9.17) is 0 Å². The van der Waals surface area contributed by atoms with Gasteiger partial charge >= 0.3 is 0 Å². The van der Waals surface area contributed by atoms with Gasteiger partial charge < -0.3 is 4.57 Å². The van der Waals surface area contributed by atoms with Crippen molar-refractivity contribution in [3.05, 3.63) is 229 Å². The second-order valence-corrected chi connectivity index (χ2v) is 18.7. The second kappa shape index (κ2) is 11.6. The van der Waals surface area contributed by atoms with Gasteiger partial charge in [-0.25, -0.2) is 4.89 Å². The Labute approximate surface area is 337 Å². The van der Waals surface area contributed by atoms with Crippen LogP contribution in [0.1, 0.15) is 22.3 Å². The van der Waals surface area contributed by atoms with E-state index in [1.165, 1.54) is 83.1 Å². The summed E-state index contributed by atoms with van der Waals surface area (Å²) in [6.07, 6.45) is 0. The number of nitrogens with zero attached hydrogens (tertiary/aromatic N) is 1. The van der Waals surface area contributed by atoms with Crippen molar-refractivity contribution in [2.24, 2.45) is 0 Å². The first-order valence-electron chi connectivity index (χ1n) is 20.1. The van der Waals surface area contributed by atoms with E-state index >= 15 is 0 Å². The van der Waals surface area contributed by atoms with E-state index in [1.807, 2.05) is 6.07 Å². The van der Waals surface area contributed by atoms with Crippen LogP contribution in [0.5, 0.6) is 0 Å². The Bertz CT molecular complexity index is 3360. The minimum Gasteiger partial charge on any atom is -0.309 e. The number of aromatic nitrogens is 1. The molecule has 10 aromatic rings. The smallest absolute Gasteiger partial charge is 0.239 e. The highest BCUT2D eigenvalue weighted by molar-refractivity contribution is 7.92. The lowest BCUT2D eigenvalue weighted by Gasteiger charge is -2.39. The molecule has 0 saturated heterocycles. The Kier molecular flexibility index (Phi) is 6.47. The van der Waals surface area contributed by atoms with Crippen LogP contribution in [0.25, 0.3) is 72.0 Å². The van der Waals surface area contributed by atoms with Crippen molar-refractivity contribution in [3.8, 4) is 50.2 Å². The fourth-order valence-electron chi connectivity index (χ4n) is 10.8. The summed E-state index contributed by atoms with van der Waals surface area (Å²) in [5.74, 6) is 0. The van der Waals surface area contributed by atoms with Gasteiger partial charge in [0.25, 0.3) is 0 Å². The van der Waals surface area contributed by atoms with Crippen LogP contribution in [-0.4, -0.2) is 9.46 Å². The Morgan fingerprint density at radius 2 is 1.02 bits per heavy atom. The third-order valence-electron chi connectivity index (χ3n) is 13.2. The van der Waals surface area contributed by atoms with Crippen molar-refractivity contribution in [3.63, 3.8) is 0 Å². The van der Waals surface area contributed by atoms with Crippen molar-refractivity contribution in [2.45, 2.75) is 5.41 Å². The standard InChI is InChI=1S/C55H35NOP/c57-58(39-19-5-2-6-20-39)52-28-12-8-22-42(52)45-33-49-44(34-53(45)58)40-30-29-38(37-18-13-17-36(31-37)35-15-3-1-4-16-35)32-48(40)55(49)46-24-9-11-27-51(46)56-50-26-10-7-21-41(50)43-23-14-25-47(55)54(43)56/h1-34,57H/q+1. The summed E-state index contributed by atoms with van der Waals surface area (Å²) in [6, 6.07) is 75.4. The van der Waals surface area contributed by atoms with Crippen LogP contribution in [0, 0.1) is 0 Å². The molecular formula is C55H35NOP+. The maximum Gasteiger partial charge on any atom is 0.239 e. The van der Waals surface area contributed by atoms with E-state index in [0.29, 0.717) is 0 Å². The summed E-state index contributed by atoms with van der Waals surface area (Å²) in [5, 5.41) is 5.59. The van der Waals surface area contributed by atoms with Crippen LogP contribution in [0.15, 0.2) is 206 Å². The molecule has 0 bridgehead atoms. The molecule has 0 saturated carbocycles. The van der Waals surface area contributed by atoms with Crippen molar-refractivity contribution in [1.29, 1.82) is 0 Å². The Hall–Kier alpha value is -6.83. The Balaban J connectivity index is 1.17. The highest BCUT2D eigenvalue weighted by atomic mass is 31.2. The topological polar surface area (TPSA) is 25.2 Å². The molecule has 270 valence electrons. The van der Waals surface area contributed by atoms with Gasteiger partial charge in [-0.1, -0.05) is 152 Å². The SMILES string of the molecule is O[P+]1(c2ccccc2)c2ccccc2-c2cc3c(cc21)-c1ccc(-c2cccc(-c4ccccc4)c2)cc1C31c2ccccc2-n2c3ccccc3c3cccc1c32. The van der Waals surface area contributed by atoms with Gasteiger partial charge in [-0.05, 0) is 110 Å². The highest BCUT2D eigenvalue weighted by Gasteiger charge is 2.57. The molecule has 1 N–H and O–H groups in total. The van der Waals surface area contributed by atoms with Crippen molar-refractivity contribution in [2.75, 3.05) is 0 Å². The molecule has 9 aromatic carbocycles. The number of rotatable bonds is 3. The van der Waals surface area contributed by atoms with Crippen molar-refractivity contribution in [1.82, 2.24) is 4.57 Å². The molecule has 2 nitrogen and oxygen atoms in total. The molecule has 0 amide bonds. The lowest BCUT2D eigenvalue weighted by Crippen LogP contribution is -2.34. The zero-order valence-corrected chi connectivity index (χ0v) is 32.4. The Morgan fingerprint density at radius 3 is 1.90 bits per heavy atom. The van der Waals surface area contributed by atoms with E-state index in [9.17, 15) is 4.89 Å². The van der Waals surface area contributed by atoms with E-state index in [0.717, 1.165) is 27.0 Å². The van der Waals surface area contributed by atoms with Crippen LogP contribution >= 0.6 is 7.49 Å². The van der Waals surface area contributed by atoms with Crippen LogP contribution in [0.4, 0.5) is 0 Å². The number of benzene rings is 9. The van der Waals surface area contributed by atoms with Gasteiger partial charge in [-0.15, -0.1) is 0 Å². The fraction of sp³-hybridized carbons (Fsp3) is 0.0182. The maximum atomic E-state index is 13.3. The van der Waals surface area contributed by atoms with Gasteiger partial charge in [0.1, 0.15) is 15.9 Å². The molecule has 2 atom stereocenters. The van der Waals surface area contributed by atoms with Crippen LogP contribution in [-0.2, 0) is 5.41 Å². The van der Waals surface area contributed by atoms with E-state index in [1.54, 1.807) is 0 Å². The normalized spacial score (nSPS) is 17.9. The zero-order chi connectivity index (χ0) is 38.2. The number of para-hydroxylation sites is 3. The molecule has 0 fully saturated rings. The molecule has 1 aliphatic carbocycles. The monoisotopic (exact) mass is 756 g/mol. The highest BCUT2D eigenvalue weighted by Crippen LogP contribution is 2.65. The first-order chi connectivity index (χ1) is 28.7. The molecule has 13 rings (SSSR count). The number of fused-ring (bicyclic) bond motifs is 15.